The van der Waals surface area contributed by atoms with Crippen molar-refractivity contribution in [2.45, 2.75) is 37.3 Å². The monoisotopic (exact) mass is 297 g/mol. The number of aliphatic hydroxyl groups is 1. The lowest BCUT2D eigenvalue weighted by Gasteiger charge is -2.40. The van der Waals surface area contributed by atoms with Crippen LogP contribution in [0.2, 0.25) is 0 Å². The van der Waals surface area contributed by atoms with Crippen LogP contribution < -0.4 is 5.73 Å². The standard InChI is InChI=1S/C17H19N3O2/c18-16(21)11-5-7-17(22,8-6-11)15-13-4-2-1-3-12(13)14-9-19-10-20(14)15/h1-4,9-11,15,22H,5-8H2,(H2,18,21)/t11-,15-,17-/m1/s1. The Morgan fingerprint density at radius 3 is 2.77 bits per heavy atom. The molecule has 0 radical (unpaired) electrons. The average molecular weight is 297 g/mol. The topological polar surface area (TPSA) is 81.1 Å². The fourth-order valence-corrected chi connectivity index (χ4v) is 4.06. The van der Waals surface area contributed by atoms with Crippen molar-refractivity contribution in [1.82, 2.24) is 9.55 Å². The number of primary amides is 1. The van der Waals surface area contributed by atoms with Gasteiger partial charge in [-0.15, -0.1) is 0 Å². The van der Waals surface area contributed by atoms with Crippen molar-refractivity contribution >= 4 is 5.91 Å². The quantitative estimate of drug-likeness (QED) is 0.887. The molecule has 2 heterocycles. The molecule has 0 unspecified atom stereocenters. The van der Waals surface area contributed by atoms with Gasteiger partial charge in [0.2, 0.25) is 5.91 Å². The Morgan fingerprint density at radius 1 is 1.32 bits per heavy atom. The van der Waals surface area contributed by atoms with E-state index >= 15 is 0 Å². The SMILES string of the molecule is NC(=O)[C@H]1CC[C@@](O)([C@H]2c3ccccc3-c3cncn32)CC1. The fraction of sp³-hybridized carbons (Fsp3) is 0.412. The zero-order valence-corrected chi connectivity index (χ0v) is 12.3. The first-order chi connectivity index (χ1) is 10.6. The second-order valence-electron chi connectivity index (χ2n) is 6.46. The Bertz CT molecular complexity index is 729. The molecule has 5 nitrogen and oxygen atoms in total. The Balaban J connectivity index is 1.73. The molecular formula is C17H19N3O2. The number of hydrogen-bond acceptors (Lipinski definition) is 3. The summed E-state index contributed by atoms with van der Waals surface area (Å²) in [5.74, 6) is -0.364. The number of benzene rings is 1. The van der Waals surface area contributed by atoms with Crippen LogP contribution >= 0.6 is 0 Å². The zero-order chi connectivity index (χ0) is 15.3. The maximum Gasteiger partial charge on any atom is 0.220 e. The largest absolute Gasteiger partial charge is 0.387 e. The maximum absolute atomic E-state index is 11.4. The van der Waals surface area contributed by atoms with Crippen molar-refractivity contribution < 1.29 is 9.90 Å². The minimum absolute atomic E-state index is 0.112. The second-order valence-corrected chi connectivity index (χ2v) is 6.46. The highest BCUT2D eigenvalue weighted by Gasteiger charge is 2.46. The van der Waals surface area contributed by atoms with E-state index in [9.17, 15) is 9.90 Å². The summed E-state index contributed by atoms with van der Waals surface area (Å²) < 4.78 is 2.06. The van der Waals surface area contributed by atoms with Gasteiger partial charge in [-0.05, 0) is 31.2 Å². The van der Waals surface area contributed by atoms with Crippen LogP contribution in [0.25, 0.3) is 11.3 Å². The van der Waals surface area contributed by atoms with Crippen LogP contribution in [0.15, 0.2) is 36.8 Å². The van der Waals surface area contributed by atoms with Crippen molar-refractivity contribution in [1.29, 1.82) is 0 Å². The molecule has 4 rings (SSSR count). The third-order valence-corrected chi connectivity index (χ3v) is 5.24. The van der Waals surface area contributed by atoms with E-state index in [1.807, 2.05) is 18.3 Å². The number of nitrogens with zero attached hydrogens (tertiary/aromatic N) is 2. The van der Waals surface area contributed by atoms with Crippen LogP contribution in [0.1, 0.15) is 37.3 Å². The lowest BCUT2D eigenvalue weighted by molar-refractivity contribution is -0.125. The zero-order valence-electron chi connectivity index (χ0n) is 12.3. The van der Waals surface area contributed by atoms with Crippen LogP contribution in [0.3, 0.4) is 0 Å². The van der Waals surface area contributed by atoms with Gasteiger partial charge in [-0.2, -0.15) is 0 Å². The molecule has 0 saturated heterocycles. The number of hydrogen-bond donors (Lipinski definition) is 2. The highest BCUT2D eigenvalue weighted by Crippen LogP contribution is 2.49. The fourth-order valence-electron chi connectivity index (χ4n) is 4.06. The van der Waals surface area contributed by atoms with Crippen molar-refractivity contribution in [3.8, 4) is 11.3 Å². The maximum atomic E-state index is 11.4. The van der Waals surface area contributed by atoms with Gasteiger partial charge in [0.1, 0.15) is 0 Å². The van der Waals surface area contributed by atoms with Crippen LogP contribution in [-0.2, 0) is 4.79 Å². The van der Waals surface area contributed by atoms with Gasteiger partial charge in [-0.3, -0.25) is 4.79 Å². The van der Waals surface area contributed by atoms with E-state index in [4.69, 9.17) is 5.73 Å². The second kappa shape index (κ2) is 4.68. The van der Waals surface area contributed by atoms with Gasteiger partial charge < -0.3 is 15.4 Å². The van der Waals surface area contributed by atoms with E-state index in [2.05, 4.69) is 21.7 Å². The minimum Gasteiger partial charge on any atom is -0.387 e. The van der Waals surface area contributed by atoms with E-state index in [1.165, 1.54) is 0 Å². The predicted octanol–water partition coefficient (Wildman–Crippen LogP) is 1.86. The van der Waals surface area contributed by atoms with Gasteiger partial charge in [0, 0.05) is 11.5 Å². The minimum atomic E-state index is -0.853. The van der Waals surface area contributed by atoms with Crippen LogP contribution in [0.5, 0.6) is 0 Å². The number of carbonyl (C=O) groups is 1. The molecule has 0 spiro atoms. The van der Waals surface area contributed by atoms with Crippen LogP contribution in [0.4, 0.5) is 0 Å². The molecule has 3 N–H and O–H groups in total. The molecule has 1 aliphatic carbocycles. The van der Waals surface area contributed by atoms with Gasteiger partial charge in [0.05, 0.1) is 29.9 Å². The molecule has 2 aliphatic rings. The first-order valence-corrected chi connectivity index (χ1v) is 7.73. The smallest absolute Gasteiger partial charge is 0.220 e. The van der Waals surface area contributed by atoms with Gasteiger partial charge in [0.25, 0.3) is 0 Å². The molecule has 1 saturated carbocycles. The Kier molecular flexibility index (Phi) is 2.87. The van der Waals surface area contributed by atoms with Gasteiger partial charge in [-0.1, -0.05) is 24.3 Å². The summed E-state index contributed by atoms with van der Waals surface area (Å²) in [5, 5.41) is 11.3. The van der Waals surface area contributed by atoms with Crippen molar-refractivity contribution in [3.63, 3.8) is 0 Å². The number of carbonyl (C=O) groups excluding carboxylic acids is 1. The van der Waals surface area contributed by atoms with E-state index < -0.39 is 5.60 Å². The molecule has 1 aromatic heterocycles. The number of amides is 1. The molecule has 1 atom stereocenters. The van der Waals surface area contributed by atoms with E-state index in [-0.39, 0.29) is 17.9 Å². The van der Waals surface area contributed by atoms with Crippen LogP contribution in [0, 0.1) is 5.92 Å². The lowest BCUT2D eigenvalue weighted by atomic mass is 9.73. The predicted molar refractivity (Wildman–Crippen MR) is 81.9 cm³/mol. The molecule has 1 aliphatic heterocycles. The summed E-state index contributed by atoms with van der Waals surface area (Å²) in [6.45, 7) is 0. The molecule has 0 bridgehead atoms. The number of imidazole rings is 1. The number of aromatic nitrogens is 2. The van der Waals surface area contributed by atoms with Gasteiger partial charge in [-0.25, -0.2) is 4.98 Å². The van der Waals surface area contributed by atoms with E-state index in [1.54, 1.807) is 6.33 Å². The van der Waals surface area contributed by atoms with E-state index in [0.29, 0.717) is 25.7 Å². The van der Waals surface area contributed by atoms with Crippen LogP contribution in [-0.4, -0.2) is 26.2 Å². The molecule has 1 fully saturated rings. The van der Waals surface area contributed by atoms with Gasteiger partial charge >= 0.3 is 0 Å². The summed E-state index contributed by atoms with van der Waals surface area (Å²) in [5.41, 5.74) is 7.88. The molecule has 5 heteroatoms. The van der Waals surface area contributed by atoms with Crippen molar-refractivity contribution in [2.75, 3.05) is 0 Å². The number of rotatable bonds is 2. The highest BCUT2D eigenvalue weighted by molar-refractivity contribution is 5.76. The summed E-state index contributed by atoms with van der Waals surface area (Å²) in [7, 11) is 0. The Morgan fingerprint density at radius 2 is 2.05 bits per heavy atom. The number of fused-ring (bicyclic) bond motifs is 3. The normalized spacial score (nSPS) is 29.9. The summed E-state index contributed by atoms with van der Waals surface area (Å²) >= 11 is 0. The van der Waals surface area contributed by atoms with Crippen molar-refractivity contribution in [3.05, 3.63) is 42.4 Å². The number of nitrogens with two attached hydrogens (primary N) is 1. The molecule has 22 heavy (non-hydrogen) atoms. The van der Waals surface area contributed by atoms with Gasteiger partial charge in [0.15, 0.2) is 0 Å². The molecule has 114 valence electrons. The highest BCUT2D eigenvalue weighted by atomic mass is 16.3. The summed E-state index contributed by atoms with van der Waals surface area (Å²) in [4.78, 5) is 15.6. The Hall–Kier alpha value is -2.14. The molecular weight excluding hydrogens is 278 g/mol. The first kappa shape index (κ1) is 13.5. The average Bonchev–Trinajstić information content (AvgIpc) is 3.07. The molecule has 2 aromatic rings. The Labute approximate surface area is 128 Å². The lowest BCUT2D eigenvalue weighted by Crippen LogP contribution is -2.44. The molecule has 1 amide bonds. The van der Waals surface area contributed by atoms with Crippen molar-refractivity contribution in [2.24, 2.45) is 11.7 Å². The van der Waals surface area contributed by atoms with E-state index in [0.717, 1.165) is 16.8 Å². The third-order valence-electron chi connectivity index (χ3n) is 5.24. The summed E-state index contributed by atoms with van der Waals surface area (Å²) in [6.07, 6.45) is 6.09. The summed E-state index contributed by atoms with van der Waals surface area (Å²) in [6, 6.07) is 8.03. The first-order valence-electron chi connectivity index (χ1n) is 7.73. The third kappa shape index (κ3) is 1.82. The molecule has 1 aromatic carbocycles.